The number of carboxylic acid groups (broad SMARTS) is 1. The minimum Gasteiger partial charge on any atom is -1.00 e. The number of hydrogen-bond acceptors (Lipinski definition) is 1. The molecule has 0 aliphatic carbocycles. The van der Waals surface area contributed by atoms with Crippen LogP contribution in [0.3, 0.4) is 0 Å². The second-order valence-corrected chi connectivity index (χ2v) is 0.747. The third kappa shape index (κ3) is 9.10. The Morgan fingerprint density at radius 1 is 2.00 bits per heavy atom. The van der Waals surface area contributed by atoms with E-state index in [0.717, 1.165) is 0 Å². The van der Waals surface area contributed by atoms with E-state index in [-0.39, 0.29) is 76.7 Å². The minimum atomic E-state index is -0.745. The second-order valence-electron chi connectivity index (χ2n) is 0.747. The topological polar surface area (TPSA) is 37.3 Å². The largest absolute Gasteiger partial charge is 1.00 e. The van der Waals surface area contributed by atoms with Crippen molar-refractivity contribution in [3.63, 3.8) is 0 Å². The number of hydrogen-bond donors (Lipinski definition) is 1. The van der Waals surface area contributed by atoms with Gasteiger partial charge in [0, 0.05) is 6.42 Å². The molecule has 0 fully saturated rings. The summed E-state index contributed by atoms with van der Waals surface area (Å²) in [5.74, 6) is -0.745. The first kappa shape index (κ1) is 10.5. The molecule has 1 N–H and O–H groups in total. The molecule has 0 aliphatic rings. The summed E-state index contributed by atoms with van der Waals surface area (Å²) in [6.07, 6.45) is 0.222. The zero-order chi connectivity index (χ0) is 4.28. The Labute approximate surface area is 97.2 Å². The van der Waals surface area contributed by atoms with Gasteiger partial charge in [0.15, 0.2) is 0 Å². The third-order valence-electron chi connectivity index (χ3n) is 0.302. The van der Waals surface area contributed by atoms with E-state index in [9.17, 15) is 4.79 Å². The molecule has 0 rings (SSSR count). The van der Waals surface area contributed by atoms with Crippen molar-refractivity contribution in [1.29, 1.82) is 0 Å². The summed E-state index contributed by atoms with van der Waals surface area (Å²) in [7, 11) is 0. The molecule has 0 amide bonds. The Morgan fingerprint density at radius 3 is 2.17 bits per heavy atom. The van der Waals surface area contributed by atoms with Crippen molar-refractivity contribution in [3.8, 4) is 0 Å². The molecule has 0 radical (unpaired) electrons. The van der Waals surface area contributed by atoms with Gasteiger partial charge < -0.3 is 6.53 Å². The summed E-state index contributed by atoms with van der Waals surface area (Å²) in [6.45, 7) is 1.60. The summed E-state index contributed by atoms with van der Waals surface area (Å²) >= 11 is 0. The van der Waals surface area contributed by atoms with E-state index < -0.39 is 5.97 Å². The van der Waals surface area contributed by atoms with Gasteiger partial charge in [-0.15, -0.1) is 0 Å². The molecule has 0 saturated carbocycles. The van der Waals surface area contributed by atoms with E-state index in [1.807, 2.05) is 0 Å². The van der Waals surface area contributed by atoms with E-state index in [4.69, 9.17) is 5.11 Å². The molecule has 0 aliphatic heterocycles. The maximum absolute atomic E-state index is 9.37. The van der Waals surface area contributed by atoms with Gasteiger partial charge in [-0.2, -0.15) is 0 Å². The molecule has 0 atom stereocenters. The fourth-order valence-corrected chi connectivity index (χ4v) is 0. The van der Waals surface area contributed by atoms with Crippen LogP contribution in [0.1, 0.15) is 14.8 Å². The predicted octanol–water partition coefficient (Wildman–Crippen LogP) is -2.40. The monoisotopic (exact) mass is 208 g/mol. The molecule has 32 valence electrons. The Morgan fingerprint density at radius 2 is 2.17 bits per heavy atom. The molecular formula is C3H7CsO2. The Kier molecular flexibility index (Phi) is 11.4. The quantitative estimate of drug-likeness (QED) is 0.521. The van der Waals surface area contributed by atoms with Gasteiger partial charge in [-0.05, 0) is 0 Å². The van der Waals surface area contributed by atoms with Crippen LogP contribution in [-0.4, -0.2) is 11.1 Å². The van der Waals surface area contributed by atoms with Crippen LogP contribution in [0.15, 0.2) is 0 Å². The molecule has 0 saturated heterocycles. The average molecular weight is 208 g/mol. The standard InChI is InChI=1S/C3H6O2.Cs.H/c1-2-3(4)5;;/h2H2,1H3,(H,4,5);;/q;+1;-1. The molecule has 0 bridgehead atoms. The zero-order valence-electron chi connectivity index (χ0n) is 5.06. The summed E-state index contributed by atoms with van der Waals surface area (Å²) < 4.78 is 0. The van der Waals surface area contributed by atoms with Crippen LogP contribution in [-0.2, 0) is 4.79 Å². The molecule has 0 aromatic carbocycles. The van der Waals surface area contributed by atoms with Crippen LogP contribution in [0, 0.1) is 0 Å². The zero-order valence-corrected chi connectivity index (χ0v) is 10.3. The third-order valence-corrected chi connectivity index (χ3v) is 0.302. The minimum absolute atomic E-state index is 0. The van der Waals surface area contributed by atoms with Gasteiger partial charge in [0.25, 0.3) is 0 Å². The second kappa shape index (κ2) is 6.52. The molecule has 0 heterocycles. The van der Waals surface area contributed by atoms with Crippen LogP contribution in [0.25, 0.3) is 0 Å². The van der Waals surface area contributed by atoms with Crippen molar-refractivity contribution < 1.29 is 80.2 Å². The van der Waals surface area contributed by atoms with Gasteiger partial charge in [-0.1, -0.05) is 6.92 Å². The normalized spacial score (nSPS) is 6.17. The molecule has 0 aromatic rings. The van der Waals surface area contributed by atoms with Gasteiger partial charge in [-0.25, -0.2) is 0 Å². The number of carboxylic acids is 1. The number of carbonyl (C=O) groups is 1. The average Bonchev–Trinajstić information content (AvgIpc) is 1.38. The Bertz CT molecular complexity index is 48.2. The summed E-state index contributed by atoms with van der Waals surface area (Å²) in [5, 5.41) is 7.72. The maximum atomic E-state index is 9.37. The van der Waals surface area contributed by atoms with Crippen LogP contribution < -0.4 is 68.9 Å². The first-order valence-corrected chi connectivity index (χ1v) is 1.49. The van der Waals surface area contributed by atoms with Crippen molar-refractivity contribution in [2.24, 2.45) is 0 Å². The molecule has 0 aromatic heterocycles. The SMILES string of the molecule is CCC(=O)O.[Cs+].[H-]. The first-order valence-electron chi connectivity index (χ1n) is 1.49. The van der Waals surface area contributed by atoms with Crippen molar-refractivity contribution in [3.05, 3.63) is 0 Å². The Balaban J connectivity index is -0.0000000800. The van der Waals surface area contributed by atoms with Gasteiger partial charge in [0.2, 0.25) is 0 Å². The fourth-order valence-electron chi connectivity index (χ4n) is 0. The van der Waals surface area contributed by atoms with Crippen LogP contribution in [0.4, 0.5) is 0 Å². The van der Waals surface area contributed by atoms with Gasteiger partial charge in [0.05, 0.1) is 0 Å². The molecule has 6 heavy (non-hydrogen) atoms. The maximum Gasteiger partial charge on any atom is 1.00 e. The van der Waals surface area contributed by atoms with Gasteiger partial charge >= 0.3 is 74.9 Å². The number of rotatable bonds is 1. The summed E-state index contributed by atoms with van der Waals surface area (Å²) in [5.41, 5.74) is 0. The Hall–Kier alpha value is 1.52. The van der Waals surface area contributed by atoms with E-state index in [1.54, 1.807) is 6.92 Å². The first-order chi connectivity index (χ1) is 2.27. The van der Waals surface area contributed by atoms with Crippen LogP contribution >= 0.6 is 0 Å². The van der Waals surface area contributed by atoms with E-state index >= 15 is 0 Å². The molecule has 2 nitrogen and oxygen atoms in total. The van der Waals surface area contributed by atoms with Crippen LogP contribution in [0.5, 0.6) is 0 Å². The van der Waals surface area contributed by atoms with Gasteiger partial charge in [0.1, 0.15) is 0 Å². The number of aliphatic carboxylic acids is 1. The molecule has 3 heteroatoms. The van der Waals surface area contributed by atoms with Crippen LogP contribution in [0.2, 0.25) is 0 Å². The smallest absolute Gasteiger partial charge is 1.00 e. The van der Waals surface area contributed by atoms with Crippen molar-refractivity contribution >= 4 is 5.97 Å². The summed E-state index contributed by atoms with van der Waals surface area (Å²) in [4.78, 5) is 9.37. The van der Waals surface area contributed by atoms with E-state index in [1.165, 1.54) is 0 Å². The van der Waals surface area contributed by atoms with Crippen molar-refractivity contribution in [2.45, 2.75) is 13.3 Å². The molecule has 0 spiro atoms. The van der Waals surface area contributed by atoms with Crippen molar-refractivity contribution in [2.75, 3.05) is 0 Å². The summed E-state index contributed by atoms with van der Waals surface area (Å²) in [6, 6.07) is 0. The van der Waals surface area contributed by atoms with Gasteiger partial charge in [-0.3, -0.25) is 4.79 Å². The molecular weight excluding hydrogens is 201 g/mol. The van der Waals surface area contributed by atoms with E-state index in [2.05, 4.69) is 0 Å². The van der Waals surface area contributed by atoms with Crippen molar-refractivity contribution in [1.82, 2.24) is 0 Å². The van der Waals surface area contributed by atoms with E-state index in [0.29, 0.717) is 0 Å². The molecule has 0 unspecified atom stereocenters. The fraction of sp³-hybridized carbons (Fsp3) is 0.667. The predicted molar refractivity (Wildman–Crippen MR) is 19.0 cm³/mol.